The number of H-pyrrole nitrogens is 1. The van der Waals surface area contributed by atoms with Crippen molar-refractivity contribution in [2.24, 2.45) is 0 Å². The Hall–Kier alpha value is -3.35. The van der Waals surface area contributed by atoms with E-state index in [9.17, 15) is 19.1 Å². The fraction of sp³-hybridized carbons (Fsp3) is 0.304. The highest BCUT2D eigenvalue weighted by molar-refractivity contribution is 5.99. The molecule has 2 aromatic carbocycles. The highest BCUT2D eigenvalue weighted by Crippen LogP contribution is 2.34. The summed E-state index contributed by atoms with van der Waals surface area (Å²) in [6.45, 7) is 2.86. The summed E-state index contributed by atoms with van der Waals surface area (Å²) in [7, 11) is 0. The third kappa shape index (κ3) is 3.87. The van der Waals surface area contributed by atoms with Crippen LogP contribution in [0.25, 0.3) is 10.9 Å². The molecule has 4 rings (SSSR count). The molecule has 0 radical (unpaired) electrons. The third-order valence-corrected chi connectivity index (χ3v) is 5.73. The number of anilines is 1. The van der Waals surface area contributed by atoms with Crippen LogP contribution in [0.15, 0.2) is 42.6 Å². The van der Waals surface area contributed by atoms with Crippen molar-refractivity contribution in [3.8, 4) is 5.75 Å². The van der Waals surface area contributed by atoms with Crippen LogP contribution in [-0.2, 0) is 4.79 Å². The van der Waals surface area contributed by atoms with E-state index in [1.54, 1.807) is 24.0 Å². The molecule has 1 saturated heterocycles. The lowest BCUT2D eigenvalue weighted by molar-refractivity contribution is -0.115. The number of phenols is 1. The second-order valence-electron chi connectivity index (χ2n) is 7.63. The van der Waals surface area contributed by atoms with Crippen molar-refractivity contribution in [3.63, 3.8) is 0 Å². The number of phenolic OH excluding ortho intramolecular Hbond substituents is 1. The minimum atomic E-state index is -0.270. The number of halogens is 1. The Balaban J connectivity index is 1.46. The molecule has 1 aliphatic rings. The Morgan fingerprint density at radius 2 is 1.97 bits per heavy atom. The number of aromatic hydroxyl groups is 1. The van der Waals surface area contributed by atoms with E-state index in [-0.39, 0.29) is 34.9 Å². The molecular formula is C23H24FN3O3. The van der Waals surface area contributed by atoms with Gasteiger partial charge in [0.2, 0.25) is 5.91 Å². The van der Waals surface area contributed by atoms with Crippen molar-refractivity contribution in [1.82, 2.24) is 9.88 Å². The third-order valence-electron chi connectivity index (χ3n) is 5.73. The highest BCUT2D eigenvalue weighted by Gasteiger charge is 2.27. The summed E-state index contributed by atoms with van der Waals surface area (Å²) in [6.07, 6.45) is 3.82. The molecule has 0 atom stereocenters. The van der Waals surface area contributed by atoms with Crippen molar-refractivity contribution in [2.45, 2.75) is 32.1 Å². The van der Waals surface area contributed by atoms with E-state index in [2.05, 4.69) is 10.3 Å². The van der Waals surface area contributed by atoms with Gasteiger partial charge in [-0.05, 0) is 60.7 Å². The number of likely N-dealkylation sites (tertiary alicyclic amines) is 1. The second kappa shape index (κ2) is 8.18. The number of hydrogen-bond acceptors (Lipinski definition) is 3. The van der Waals surface area contributed by atoms with Crippen molar-refractivity contribution in [3.05, 3.63) is 59.5 Å². The molecular weight excluding hydrogens is 385 g/mol. The van der Waals surface area contributed by atoms with Gasteiger partial charge < -0.3 is 20.3 Å². The molecule has 0 spiro atoms. The van der Waals surface area contributed by atoms with E-state index in [1.165, 1.54) is 24.3 Å². The quantitative estimate of drug-likeness (QED) is 0.559. The molecule has 2 heterocycles. The van der Waals surface area contributed by atoms with Gasteiger partial charge in [0.15, 0.2) is 0 Å². The lowest BCUT2D eigenvalue weighted by Gasteiger charge is -2.32. The average molecular weight is 409 g/mol. The van der Waals surface area contributed by atoms with Crippen LogP contribution in [-0.4, -0.2) is 39.9 Å². The fourth-order valence-corrected chi connectivity index (χ4v) is 4.06. The van der Waals surface area contributed by atoms with Crippen LogP contribution in [0.3, 0.4) is 0 Å². The summed E-state index contributed by atoms with van der Waals surface area (Å²) in [6, 6.07) is 9.27. The van der Waals surface area contributed by atoms with Crippen LogP contribution in [0.5, 0.6) is 5.75 Å². The molecule has 0 aliphatic carbocycles. The maximum atomic E-state index is 13.4. The van der Waals surface area contributed by atoms with Gasteiger partial charge in [0.25, 0.3) is 5.91 Å². The van der Waals surface area contributed by atoms with Crippen molar-refractivity contribution in [2.75, 3.05) is 18.4 Å². The number of aromatic amines is 1. The minimum absolute atomic E-state index is 0.102. The van der Waals surface area contributed by atoms with Crippen LogP contribution >= 0.6 is 0 Å². The van der Waals surface area contributed by atoms with Gasteiger partial charge in [0, 0.05) is 42.3 Å². The summed E-state index contributed by atoms with van der Waals surface area (Å²) in [4.78, 5) is 29.5. The number of benzene rings is 2. The Bertz CT molecular complexity index is 1100. The maximum Gasteiger partial charge on any atom is 0.257 e. The van der Waals surface area contributed by atoms with Crippen molar-refractivity contribution in [1.29, 1.82) is 0 Å². The number of carbonyl (C=O) groups excluding carboxylic acids is 2. The van der Waals surface area contributed by atoms with Gasteiger partial charge in [-0.15, -0.1) is 0 Å². The standard InChI is InChI=1S/C23H24FN3O3/c1-2-22(29)26-16-4-6-21(28)18(12-16)23(30)27-9-7-14(8-10-27)19-13-25-20-11-15(24)3-5-17(19)20/h3-6,11-14,25,28H,2,7-10H2,1H3,(H,26,29). The van der Waals surface area contributed by atoms with Gasteiger partial charge in [0.05, 0.1) is 5.56 Å². The fourth-order valence-electron chi connectivity index (χ4n) is 4.06. The number of fused-ring (bicyclic) bond motifs is 1. The van der Waals surface area contributed by atoms with E-state index in [1.807, 2.05) is 6.20 Å². The summed E-state index contributed by atoms with van der Waals surface area (Å²) >= 11 is 0. The summed E-state index contributed by atoms with van der Waals surface area (Å²) < 4.78 is 13.4. The normalized spacial score (nSPS) is 14.8. The van der Waals surface area contributed by atoms with Gasteiger partial charge in [-0.2, -0.15) is 0 Å². The molecule has 156 valence electrons. The lowest BCUT2D eigenvalue weighted by atomic mass is 9.89. The first-order valence-electron chi connectivity index (χ1n) is 10.1. The molecule has 2 amide bonds. The first-order chi connectivity index (χ1) is 14.5. The maximum absolute atomic E-state index is 13.4. The zero-order valence-corrected chi connectivity index (χ0v) is 16.7. The SMILES string of the molecule is CCC(=O)Nc1ccc(O)c(C(=O)N2CCC(c3c[nH]c4cc(F)ccc34)CC2)c1. The largest absolute Gasteiger partial charge is 0.507 e. The first-order valence-corrected chi connectivity index (χ1v) is 10.1. The van der Waals surface area contributed by atoms with E-state index in [4.69, 9.17) is 0 Å². The number of aromatic nitrogens is 1. The van der Waals surface area contributed by atoms with Crippen LogP contribution in [0.4, 0.5) is 10.1 Å². The molecule has 1 fully saturated rings. The van der Waals surface area contributed by atoms with Crippen molar-refractivity contribution >= 4 is 28.4 Å². The molecule has 0 saturated carbocycles. The number of nitrogens with one attached hydrogen (secondary N) is 2. The number of piperidine rings is 1. The van der Waals surface area contributed by atoms with Crippen LogP contribution in [0, 0.1) is 5.82 Å². The van der Waals surface area contributed by atoms with E-state index in [0.29, 0.717) is 25.2 Å². The van der Waals surface area contributed by atoms with Gasteiger partial charge in [-0.25, -0.2) is 4.39 Å². The lowest BCUT2D eigenvalue weighted by Crippen LogP contribution is -2.38. The Morgan fingerprint density at radius 1 is 1.20 bits per heavy atom. The molecule has 6 nitrogen and oxygen atoms in total. The summed E-state index contributed by atoms with van der Waals surface area (Å²) in [5, 5.41) is 13.9. The molecule has 1 aromatic heterocycles. The number of carbonyl (C=O) groups is 2. The summed E-state index contributed by atoms with van der Waals surface area (Å²) in [5.41, 5.74) is 2.59. The molecule has 30 heavy (non-hydrogen) atoms. The summed E-state index contributed by atoms with van der Waals surface area (Å²) in [5.74, 6) is -0.501. The van der Waals surface area contributed by atoms with Gasteiger partial charge in [-0.3, -0.25) is 9.59 Å². The van der Waals surface area contributed by atoms with E-state index >= 15 is 0 Å². The minimum Gasteiger partial charge on any atom is -0.507 e. The van der Waals surface area contributed by atoms with Gasteiger partial charge >= 0.3 is 0 Å². The zero-order valence-electron chi connectivity index (χ0n) is 16.7. The Kier molecular flexibility index (Phi) is 5.44. The topological polar surface area (TPSA) is 85.4 Å². The Labute approximate surface area is 173 Å². The highest BCUT2D eigenvalue weighted by atomic mass is 19.1. The number of hydrogen-bond donors (Lipinski definition) is 3. The molecule has 3 N–H and O–H groups in total. The Morgan fingerprint density at radius 3 is 2.70 bits per heavy atom. The predicted molar refractivity (Wildman–Crippen MR) is 113 cm³/mol. The van der Waals surface area contributed by atoms with Crippen LogP contribution < -0.4 is 5.32 Å². The zero-order chi connectivity index (χ0) is 21.3. The van der Waals surface area contributed by atoms with Crippen molar-refractivity contribution < 1.29 is 19.1 Å². The van der Waals surface area contributed by atoms with E-state index in [0.717, 1.165) is 29.3 Å². The monoisotopic (exact) mass is 409 g/mol. The van der Waals surface area contributed by atoms with Crippen LogP contribution in [0.2, 0.25) is 0 Å². The molecule has 0 bridgehead atoms. The van der Waals surface area contributed by atoms with Gasteiger partial charge in [-0.1, -0.05) is 6.92 Å². The van der Waals surface area contributed by atoms with Gasteiger partial charge in [0.1, 0.15) is 11.6 Å². The number of amides is 2. The second-order valence-corrected chi connectivity index (χ2v) is 7.63. The molecule has 1 aliphatic heterocycles. The molecule has 3 aromatic rings. The van der Waals surface area contributed by atoms with E-state index < -0.39 is 0 Å². The number of nitrogens with zero attached hydrogens (tertiary/aromatic N) is 1. The average Bonchev–Trinajstić information content (AvgIpc) is 3.17. The smallest absolute Gasteiger partial charge is 0.257 e. The molecule has 0 unspecified atom stereocenters. The first kappa shape index (κ1) is 19.9. The molecule has 7 heteroatoms. The van der Waals surface area contributed by atoms with Crippen LogP contribution in [0.1, 0.15) is 48.0 Å². The predicted octanol–water partition coefficient (Wildman–Crippen LogP) is 4.38. The number of rotatable bonds is 4.